The molecule has 1 heterocycles. The van der Waals surface area contributed by atoms with Gasteiger partial charge in [0.05, 0.1) is 25.4 Å². The average molecular weight is 934 g/mol. The molecule has 0 aliphatic carbocycles. The summed E-state index contributed by atoms with van der Waals surface area (Å²) in [6.07, 6.45) is 53.5. The van der Waals surface area contributed by atoms with E-state index >= 15 is 0 Å². The number of amides is 1. The molecule has 1 aliphatic heterocycles. The minimum atomic E-state index is -1.57. The molecule has 66 heavy (non-hydrogen) atoms. The van der Waals surface area contributed by atoms with Gasteiger partial charge in [0.15, 0.2) is 6.29 Å². The van der Waals surface area contributed by atoms with Crippen molar-refractivity contribution in [1.82, 2.24) is 5.32 Å². The van der Waals surface area contributed by atoms with Gasteiger partial charge < -0.3 is 40.3 Å². The zero-order valence-corrected chi connectivity index (χ0v) is 43.0. The van der Waals surface area contributed by atoms with E-state index in [0.717, 1.165) is 44.9 Å². The number of rotatable bonds is 48. The Morgan fingerprint density at radius 1 is 0.500 bits per heavy atom. The quantitative estimate of drug-likeness (QED) is 0.0261. The van der Waals surface area contributed by atoms with E-state index in [2.05, 4.69) is 43.5 Å². The van der Waals surface area contributed by atoms with E-state index in [4.69, 9.17) is 9.47 Å². The highest BCUT2D eigenvalue weighted by atomic mass is 16.7. The van der Waals surface area contributed by atoms with Gasteiger partial charge in [-0.25, -0.2) is 0 Å². The first-order valence-electron chi connectivity index (χ1n) is 28.2. The third-order valence-electron chi connectivity index (χ3n) is 13.4. The van der Waals surface area contributed by atoms with Crippen molar-refractivity contribution in [3.8, 4) is 0 Å². The van der Waals surface area contributed by atoms with Gasteiger partial charge in [0.2, 0.25) is 5.91 Å². The van der Waals surface area contributed by atoms with E-state index in [1.165, 1.54) is 199 Å². The van der Waals surface area contributed by atoms with Crippen molar-refractivity contribution in [3.05, 3.63) is 36.5 Å². The van der Waals surface area contributed by atoms with E-state index in [9.17, 15) is 30.3 Å². The van der Waals surface area contributed by atoms with Crippen LogP contribution >= 0.6 is 0 Å². The van der Waals surface area contributed by atoms with Crippen molar-refractivity contribution in [1.29, 1.82) is 0 Å². The second kappa shape index (κ2) is 47.1. The standard InChI is InChI=1S/C57H107NO8/c1-3-5-7-9-11-13-15-17-19-21-23-24-25-26-27-28-29-30-32-34-36-38-40-42-44-46-51(60)50(49-65-57-56(64)55(63)54(62)52(48-59)66-57)58-53(61)47-45-43-41-39-37-35-33-31-22-20-18-16-14-12-10-8-6-4-2/h29-30,36,38,44,46,50-52,54-57,59-60,62-64H,3-28,31-35,37,39-43,45,47-49H2,1-2H3,(H,58,61)/b30-29+,38-36+,46-44+. The Bertz CT molecular complexity index is 1130. The summed E-state index contributed by atoms with van der Waals surface area (Å²) in [7, 11) is 0. The smallest absolute Gasteiger partial charge is 0.220 e. The number of hydrogen-bond donors (Lipinski definition) is 6. The number of unbranched alkanes of at least 4 members (excludes halogenated alkanes) is 34. The molecule has 7 unspecified atom stereocenters. The zero-order valence-electron chi connectivity index (χ0n) is 43.0. The summed E-state index contributed by atoms with van der Waals surface area (Å²) in [5.41, 5.74) is 0. The van der Waals surface area contributed by atoms with Crippen molar-refractivity contribution < 1.29 is 39.8 Å². The molecule has 9 heteroatoms. The maximum Gasteiger partial charge on any atom is 0.220 e. The topological polar surface area (TPSA) is 149 Å². The fraction of sp³-hybridized carbons (Fsp3) is 0.877. The van der Waals surface area contributed by atoms with Gasteiger partial charge in [-0.15, -0.1) is 0 Å². The van der Waals surface area contributed by atoms with Crippen molar-refractivity contribution >= 4 is 5.91 Å². The fourth-order valence-corrected chi connectivity index (χ4v) is 8.96. The molecule has 0 bridgehead atoms. The van der Waals surface area contributed by atoms with Crippen LogP contribution in [0, 0.1) is 0 Å². The molecule has 1 saturated heterocycles. The molecule has 0 aromatic rings. The maximum absolute atomic E-state index is 13.0. The van der Waals surface area contributed by atoms with Gasteiger partial charge in [0.25, 0.3) is 0 Å². The summed E-state index contributed by atoms with van der Waals surface area (Å²) in [6, 6.07) is -0.826. The second-order valence-electron chi connectivity index (χ2n) is 19.7. The second-order valence-corrected chi connectivity index (χ2v) is 19.7. The molecule has 0 spiro atoms. The Balaban J connectivity index is 2.28. The predicted octanol–water partition coefficient (Wildman–Crippen LogP) is 13.6. The van der Waals surface area contributed by atoms with Crippen LogP contribution in [-0.4, -0.2) is 87.5 Å². The summed E-state index contributed by atoms with van der Waals surface area (Å²) >= 11 is 0. The lowest BCUT2D eigenvalue weighted by Gasteiger charge is -2.40. The van der Waals surface area contributed by atoms with Crippen LogP contribution in [0.5, 0.6) is 0 Å². The number of carbonyl (C=O) groups excluding carboxylic acids is 1. The van der Waals surface area contributed by atoms with Gasteiger partial charge in [-0.2, -0.15) is 0 Å². The molecule has 7 atom stereocenters. The average Bonchev–Trinajstić information content (AvgIpc) is 3.32. The predicted molar refractivity (Wildman–Crippen MR) is 276 cm³/mol. The molecular weight excluding hydrogens is 827 g/mol. The van der Waals surface area contributed by atoms with Gasteiger partial charge in [0, 0.05) is 6.42 Å². The first kappa shape index (κ1) is 62.4. The summed E-state index contributed by atoms with van der Waals surface area (Å²) in [5.74, 6) is -0.187. The number of hydrogen-bond acceptors (Lipinski definition) is 8. The normalized spacial score (nSPS) is 20.0. The molecule has 1 rings (SSSR count). The molecule has 1 aliphatic rings. The highest BCUT2D eigenvalue weighted by molar-refractivity contribution is 5.76. The maximum atomic E-state index is 13.0. The van der Waals surface area contributed by atoms with Crippen molar-refractivity contribution in [2.75, 3.05) is 13.2 Å². The zero-order chi connectivity index (χ0) is 48.0. The molecule has 0 saturated carbocycles. The summed E-state index contributed by atoms with van der Waals surface area (Å²) < 4.78 is 11.2. The number of allylic oxidation sites excluding steroid dienone is 5. The van der Waals surface area contributed by atoms with E-state index < -0.39 is 49.5 Å². The van der Waals surface area contributed by atoms with Gasteiger partial charge in [-0.05, 0) is 44.9 Å². The number of nitrogens with one attached hydrogen (secondary N) is 1. The Morgan fingerprint density at radius 2 is 0.864 bits per heavy atom. The lowest BCUT2D eigenvalue weighted by atomic mass is 9.99. The largest absolute Gasteiger partial charge is 0.394 e. The highest BCUT2D eigenvalue weighted by Crippen LogP contribution is 2.23. The molecule has 6 N–H and O–H groups in total. The Hall–Kier alpha value is -1.59. The number of aliphatic hydroxyl groups is 5. The van der Waals surface area contributed by atoms with E-state index in [-0.39, 0.29) is 12.5 Å². The van der Waals surface area contributed by atoms with Crippen LogP contribution in [0.4, 0.5) is 0 Å². The molecule has 0 radical (unpaired) electrons. The minimum absolute atomic E-state index is 0.187. The van der Waals surface area contributed by atoms with E-state index in [0.29, 0.717) is 6.42 Å². The lowest BCUT2D eigenvalue weighted by molar-refractivity contribution is -0.302. The van der Waals surface area contributed by atoms with Gasteiger partial charge in [0.1, 0.15) is 24.4 Å². The van der Waals surface area contributed by atoms with Crippen LogP contribution in [0.15, 0.2) is 36.5 Å². The van der Waals surface area contributed by atoms with Gasteiger partial charge in [-0.1, -0.05) is 249 Å². The third-order valence-corrected chi connectivity index (χ3v) is 13.4. The molecule has 388 valence electrons. The molecule has 1 fully saturated rings. The van der Waals surface area contributed by atoms with Gasteiger partial charge in [-0.3, -0.25) is 4.79 Å². The minimum Gasteiger partial charge on any atom is -0.394 e. The van der Waals surface area contributed by atoms with Crippen LogP contribution in [0.2, 0.25) is 0 Å². The molecule has 1 amide bonds. The number of ether oxygens (including phenoxy) is 2. The van der Waals surface area contributed by atoms with Crippen molar-refractivity contribution in [3.63, 3.8) is 0 Å². The van der Waals surface area contributed by atoms with Crippen LogP contribution in [0.1, 0.15) is 264 Å². The Kier molecular flexibility index (Phi) is 44.6. The van der Waals surface area contributed by atoms with Crippen molar-refractivity contribution in [2.24, 2.45) is 0 Å². The van der Waals surface area contributed by atoms with Gasteiger partial charge >= 0.3 is 0 Å². The first-order valence-corrected chi connectivity index (χ1v) is 28.2. The monoisotopic (exact) mass is 934 g/mol. The highest BCUT2D eigenvalue weighted by Gasteiger charge is 2.44. The molecule has 0 aromatic heterocycles. The van der Waals surface area contributed by atoms with Crippen LogP contribution in [-0.2, 0) is 14.3 Å². The summed E-state index contributed by atoms with van der Waals surface area (Å²) in [4.78, 5) is 13.0. The SMILES string of the molecule is CCCCCCCCCCCCCCCCC/C=C/CC/C=C/CC/C=C/C(O)C(COC1OC(CO)C(O)C(O)C1O)NC(=O)CCCCCCCCCCCCCCCCCCCC. The van der Waals surface area contributed by atoms with Crippen LogP contribution < -0.4 is 5.32 Å². The number of aliphatic hydroxyl groups excluding tert-OH is 5. The first-order chi connectivity index (χ1) is 32.3. The number of carbonyl (C=O) groups is 1. The molecule has 9 nitrogen and oxygen atoms in total. The summed E-state index contributed by atoms with van der Waals surface area (Å²) in [5, 5.41) is 54.4. The van der Waals surface area contributed by atoms with Crippen LogP contribution in [0.25, 0.3) is 0 Å². The lowest BCUT2D eigenvalue weighted by Crippen LogP contribution is -2.60. The molecule has 0 aromatic carbocycles. The summed E-state index contributed by atoms with van der Waals surface area (Å²) in [6.45, 7) is 3.79. The van der Waals surface area contributed by atoms with E-state index in [1.54, 1.807) is 6.08 Å². The van der Waals surface area contributed by atoms with Crippen LogP contribution in [0.3, 0.4) is 0 Å². The fourth-order valence-electron chi connectivity index (χ4n) is 8.96. The van der Waals surface area contributed by atoms with Crippen molar-refractivity contribution in [2.45, 2.75) is 307 Å². The Labute approximate surface area is 406 Å². The third kappa shape index (κ3) is 36.4. The Morgan fingerprint density at radius 3 is 1.27 bits per heavy atom. The molecular formula is C57H107NO8. The van der Waals surface area contributed by atoms with E-state index in [1.807, 2.05) is 6.08 Å².